The maximum Gasteiger partial charge on any atom is 0.243 e. The van der Waals surface area contributed by atoms with Gasteiger partial charge in [0.1, 0.15) is 12.4 Å². The van der Waals surface area contributed by atoms with E-state index in [-0.39, 0.29) is 12.0 Å². The predicted molar refractivity (Wildman–Crippen MR) is 102 cm³/mol. The van der Waals surface area contributed by atoms with Gasteiger partial charge in [0.25, 0.3) is 0 Å². The van der Waals surface area contributed by atoms with Gasteiger partial charge in [-0.1, -0.05) is 18.2 Å². The van der Waals surface area contributed by atoms with Crippen molar-refractivity contribution in [1.29, 1.82) is 0 Å². The molecule has 1 fully saturated rings. The number of hydrogen-bond acceptors (Lipinski definition) is 4. The fourth-order valence-corrected chi connectivity index (χ4v) is 3.54. The number of nitrogens with zero attached hydrogens (tertiary/aromatic N) is 1. The summed E-state index contributed by atoms with van der Waals surface area (Å²) >= 11 is 0. The van der Waals surface area contributed by atoms with Crippen LogP contribution in [-0.2, 0) is 16.0 Å². The van der Waals surface area contributed by atoms with Crippen LogP contribution in [0.3, 0.4) is 0 Å². The fourth-order valence-electron chi connectivity index (χ4n) is 3.54. The van der Waals surface area contributed by atoms with Crippen LogP contribution in [0, 0.1) is 0 Å². The SMILES string of the molecule is O=C(CN1CCc2ccccc21)Nc1ccc(OCC2CCCO2)cc1. The fraction of sp³-hybridized carbons (Fsp3) is 0.381. The molecule has 136 valence electrons. The molecule has 2 aromatic rings. The standard InChI is InChI=1S/C21H24N2O3/c24-21(14-23-12-11-16-4-1-2-6-20(16)23)22-17-7-9-18(10-8-17)26-15-19-5-3-13-25-19/h1-2,4,6-10,19H,3,5,11-15H2,(H,22,24). The van der Waals surface area contributed by atoms with Gasteiger partial charge in [-0.2, -0.15) is 0 Å². The Hall–Kier alpha value is -2.53. The lowest BCUT2D eigenvalue weighted by Crippen LogP contribution is -2.31. The molecule has 0 saturated carbocycles. The lowest BCUT2D eigenvalue weighted by molar-refractivity contribution is -0.115. The average Bonchev–Trinajstić information content (AvgIpc) is 3.32. The Kier molecular flexibility index (Phi) is 5.07. The Morgan fingerprint density at radius 2 is 2.04 bits per heavy atom. The van der Waals surface area contributed by atoms with Crippen molar-refractivity contribution in [3.63, 3.8) is 0 Å². The number of carbonyl (C=O) groups is 1. The second-order valence-electron chi connectivity index (χ2n) is 6.82. The molecule has 4 rings (SSSR count). The molecular weight excluding hydrogens is 328 g/mol. The summed E-state index contributed by atoms with van der Waals surface area (Å²) in [7, 11) is 0. The topological polar surface area (TPSA) is 50.8 Å². The minimum Gasteiger partial charge on any atom is -0.491 e. The highest BCUT2D eigenvalue weighted by Gasteiger charge is 2.20. The van der Waals surface area contributed by atoms with Gasteiger partial charge in [-0.05, 0) is 55.2 Å². The molecular formula is C21H24N2O3. The summed E-state index contributed by atoms with van der Waals surface area (Å²) in [5.74, 6) is 0.793. The smallest absolute Gasteiger partial charge is 0.243 e. The van der Waals surface area contributed by atoms with Crippen molar-refractivity contribution >= 4 is 17.3 Å². The summed E-state index contributed by atoms with van der Waals surface area (Å²) in [5.41, 5.74) is 3.26. The maximum absolute atomic E-state index is 12.4. The Labute approximate surface area is 153 Å². The van der Waals surface area contributed by atoms with Crippen molar-refractivity contribution in [2.24, 2.45) is 0 Å². The first-order chi connectivity index (χ1) is 12.8. The van der Waals surface area contributed by atoms with E-state index in [1.807, 2.05) is 36.4 Å². The quantitative estimate of drug-likeness (QED) is 0.867. The molecule has 1 N–H and O–H groups in total. The number of ether oxygens (including phenoxy) is 2. The number of fused-ring (bicyclic) bond motifs is 1. The van der Waals surface area contributed by atoms with Gasteiger partial charge in [0.15, 0.2) is 0 Å². The number of nitrogens with one attached hydrogen (secondary N) is 1. The number of carbonyl (C=O) groups excluding carboxylic acids is 1. The molecule has 1 saturated heterocycles. The summed E-state index contributed by atoms with van der Waals surface area (Å²) in [6.07, 6.45) is 3.38. The first kappa shape index (κ1) is 16.9. The van der Waals surface area contributed by atoms with Crippen LogP contribution in [0.15, 0.2) is 48.5 Å². The van der Waals surface area contributed by atoms with Crippen molar-refractivity contribution in [1.82, 2.24) is 0 Å². The van der Waals surface area contributed by atoms with E-state index < -0.39 is 0 Å². The van der Waals surface area contributed by atoms with Gasteiger partial charge in [0.2, 0.25) is 5.91 Å². The second kappa shape index (κ2) is 7.79. The first-order valence-corrected chi connectivity index (χ1v) is 9.25. The summed E-state index contributed by atoms with van der Waals surface area (Å²) in [6.45, 7) is 2.68. The molecule has 1 atom stereocenters. The van der Waals surface area contributed by atoms with E-state index in [0.717, 1.165) is 43.9 Å². The van der Waals surface area contributed by atoms with E-state index in [9.17, 15) is 4.79 Å². The molecule has 26 heavy (non-hydrogen) atoms. The number of benzene rings is 2. The molecule has 2 aliphatic rings. The summed E-state index contributed by atoms with van der Waals surface area (Å²) in [5, 5.41) is 2.96. The molecule has 5 heteroatoms. The molecule has 0 spiro atoms. The minimum atomic E-state index is -0.00488. The molecule has 0 bridgehead atoms. The summed E-state index contributed by atoms with van der Waals surface area (Å²) < 4.78 is 11.3. The Morgan fingerprint density at radius 1 is 1.19 bits per heavy atom. The zero-order chi connectivity index (χ0) is 17.8. The van der Waals surface area contributed by atoms with Crippen LogP contribution in [0.4, 0.5) is 11.4 Å². The van der Waals surface area contributed by atoms with Crippen molar-refractivity contribution in [3.05, 3.63) is 54.1 Å². The highest BCUT2D eigenvalue weighted by atomic mass is 16.5. The molecule has 2 aliphatic heterocycles. The molecule has 5 nitrogen and oxygen atoms in total. The normalized spacial score (nSPS) is 18.6. The summed E-state index contributed by atoms with van der Waals surface area (Å²) in [6, 6.07) is 15.8. The van der Waals surface area contributed by atoms with Crippen LogP contribution < -0.4 is 15.0 Å². The van der Waals surface area contributed by atoms with E-state index in [2.05, 4.69) is 22.3 Å². The van der Waals surface area contributed by atoms with Crippen molar-refractivity contribution in [2.45, 2.75) is 25.4 Å². The first-order valence-electron chi connectivity index (χ1n) is 9.25. The van der Waals surface area contributed by atoms with E-state index in [0.29, 0.717) is 13.2 Å². The van der Waals surface area contributed by atoms with E-state index in [1.165, 1.54) is 11.3 Å². The molecule has 1 amide bonds. The molecule has 0 aliphatic carbocycles. The predicted octanol–water partition coefficient (Wildman–Crippen LogP) is 3.25. The zero-order valence-corrected chi connectivity index (χ0v) is 14.8. The van der Waals surface area contributed by atoms with Gasteiger partial charge in [-0.25, -0.2) is 0 Å². The Balaban J connectivity index is 1.28. The van der Waals surface area contributed by atoms with Crippen LogP contribution in [-0.4, -0.2) is 38.3 Å². The third-order valence-electron chi connectivity index (χ3n) is 4.92. The number of anilines is 2. The third-order valence-corrected chi connectivity index (χ3v) is 4.92. The highest BCUT2D eigenvalue weighted by Crippen LogP contribution is 2.27. The van der Waals surface area contributed by atoms with Crippen LogP contribution in [0.25, 0.3) is 0 Å². The lowest BCUT2D eigenvalue weighted by Gasteiger charge is -2.18. The molecule has 0 aromatic heterocycles. The third kappa shape index (κ3) is 3.99. The van der Waals surface area contributed by atoms with Gasteiger partial charge in [-0.15, -0.1) is 0 Å². The van der Waals surface area contributed by atoms with E-state index in [4.69, 9.17) is 9.47 Å². The minimum absolute atomic E-state index is 0.00488. The van der Waals surface area contributed by atoms with Crippen LogP contribution in [0.2, 0.25) is 0 Å². The lowest BCUT2D eigenvalue weighted by atomic mass is 10.2. The van der Waals surface area contributed by atoms with Gasteiger partial charge in [0, 0.05) is 24.5 Å². The molecule has 0 radical (unpaired) electrons. The average molecular weight is 352 g/mol. The monoisotopic (exact) mass is 352 g/mol. The van der Waals surface area contributed by atoms with Crippen molar-refractivity contribution < 1.29 is 14.3 Å². The van der Waals surface area contributed by atoms with E-state index >= 15 is 0 Å². The molecule has 1 unspecified atom stereocenters. The molecule has 2 aromatic carbocycles. The Morgan fingerprint density at radius 3 is 2.85 bits per heavy atom. The van der Waals surface area contributed by atoms with Gasteiger partial charge >= 0.3 is 0 Å². The van der Waals surface area contributed by atoms with Crippen LogP contribution in [0.1, 0.15) is 18.4 Å². The number of rotatable bonds is 6. The Bertz CT molecular complexity index is 754. The largest absolute Gasteiger partial charge is 0.491 e. The van der Waals surface area contributed by atoms with Gasteiger partial charge in [0.05, 0.1) is 12.6 Å². The number of hydrogen-bond donors (Lipinski definition) is 1. The van der Waals surface area contributed by atoms with Crippen LogP contribution in [0.5, 0.6) is 5.75 Å². The van der Waals surface area contributed by atoms with Crippen LogP contribution >= 0.6 is 0 Å². The van der Waals surface area contributed by atoms with Crippen molar-refractivity contribution in [2.75, 3.05) is 36.5 Å². The second-order valence-corrected chi connectivity index (χ2v) is 6.82. The maximum atomic E-state index is 12.4. The number of amides is 1. The van der Waals surface area contributed by atoms with Crippen molar-refractivity contribution in [3.8, 4) is 5.75 Å². The number of para-hydroxylation sites is 1. The van der Waals surface area contributed by atoms with E-state index in [1.54, 1.807) is 0 Å². The zero-order valence-electron chi connectivity index (χ0n) is 14.8. The summed E-state index contributed by atoms with van der Waals surface area (Å²) in [4.78, 5) is 14.5. The van der Waals surface area contributed by atoms with Gasteiger partial charge in [-0.3, -0.25) is 4.79 Å². The molecule has 2 heterocycles. The highest BCUT2D eigenvalue weighted by molar-refractivity contribution is 5.94. The van der Waals surface area contributed by atoms with Gasteiger partial charge < -0.3 is 19.7 Å².